The molecule has 0 atom stereocenters. The number of aryl methyl sites for hydroxylation is 1. The molecule has 1 aromatic heterocycles. The molecule has 5 nitrogen and oxygen atoms in total. The molecule has 0 aliphatic carbocycles. The maximum atomic E-state index is 11.8. The number of benzene rings is 1. The summed E-state index contributed by atoms with van der Waals surface area (Å²) < 4.78 is 23.1. The number of amides is 1. The Labute approximate surface area is 134 Å². The number of rotatable bonds is 6. The topological polar surface area (TPSA) is 75.3 Å². The summed E-state index contributed by atoms with van der Waals surface area (Å²) in [5, 5.41) is 7.75. The summed E-state index contributed by atoms with van der Waals surface area (Å²) in [6.45, 7) is 2.46. The lowest BCUT2D eigenvalue weighted by Gasteiger charge is -2.11. The zero-order chi connectivity index (χ0) is 16.2. The third kappa shape index (κ3) is 4.57. The van der Waals surface area contributed by atoms with Gasteiger partial charge in [-0.2, -0.15) is 0 Å². The van der Waals surface area contributed by atoms with Gasteiger partial charge in [0.1, 0.15) is 0 Å². The van der Waals surface area contributed by atoms with Crippen LogP contribution in [0.3, 0.4) is 0 Å². The number of hydrogen-bond acceptors (Lipinski definition) is 5. The van der Waals surface area contributed by atoms with Crippen LogP contribution < -0.4 is 10.6 Å². The van der Waals surface area contributed by atoms with E-state index in [0.717, 1.165) is 16.7 Å². The lowest BCUT2D eigenvalue weighted by molar-refractivity contribution is -0.119. The highest BCUT2D eigenvalue weighted by Crippen LogP contribution is 2.19. The van der Waals surface area contributed by atoms with Gasteiger partial charge in [0, 0.05) is 16.8 Å². The Morgan fingerprint density at radius 1 is 1.27 bits per heavy atom. The smallest absolute Gasteiger partial charge is 0.239 e. The van der Waals surface area contributed by atoms with Crippen molar-refractivity contribution in [1.82, 2.24) is 5.32 Å². The summed E-state index contributed by atoms with van der Waals surface area (Å²) in [4.78, 5) is 13.1. The molecule has 118 valence electrons. The van der Waals surface area contributed by atoms with Gasteiger partial charge in [-0.1, -0.05) is 12.1 Å². The van der Waals surface area contributed by atoms with E-state index in [1.165, 1.54) is 0 Å². The molecule has 1 heterocycles. The van der Waals surface area contributed by atoms with Gasteiger partial charge in [-0.25, -0.2) is 8.42 Å². The summed E-state index contributed by atoms with van der Waals surface area (Å²) in [5.41, 5.74) is 1.53. The van der Waals surface area contributed by atoms with Crippen LogP contribution in [0.2, 0.25) is 0 Å². The molecule has 2 rings (SSSR count). The molecule has 22 heavy (non-hydrogen) atoms. The lowest BCUT2D eigenvalue weighted by atomic mass is 10.2. The fourth-order valence-electron chi connectivity index (χ4n) is 1.86. The normalized spacial score (nSPS) is 11.2. The summed E-state index contributed by atoms with van der Waals surface area (Å²) in [5.74, 6) is -0.141. The fraction of sp³-hybridized carbons (Fsp3) is 0.267. The molecular weight excluding hydrogens is 320 g/mol. The zero-order valence-corrected chi connectivity index (χ0v) is 14.1. The van der Waals surface area contributed by atoms with Gasteiger partial charge in [-0.05, 0) is 36.1 Å². The number of hydrogen-bond donors (Lipinski definition) is 2. The Kier molecular flexibility index (Phi) is 5.20. The van der Waals surface area contributed by atoms with Crippen molar-refractivity contribution in [2.75, 3.05) is 18.1 Å². The highest BCUT2D eigenvalue weighted by molar-refractivity contribution is 7.90. The van der Waals surface area contributed by atoms with Crippen LogP contribution in [0.1, 0.15) is 10.4 Å². The van der Waals surface area contributed by atoms with Gasteiger partial charge in [0.15, 0.2) is 9.84 Å². The third-order valence-corrected chi connectivity index (χ3v) is 5.10. The van der Waals surface area contributed by atoms with Crippen molar-refractivity contribution in [3.05, 3.63) is 46.2 Å². The van der Waals surface area contributed by atoms with Crippen LogP contribution >= 0.6 is 11.3 Å². The first-order valence-electron chi connectivity index (χ1n) is 6.70. The average molecular weight is 338 g/mol. The fourth-order valence-corrected chi connectivity index (χ4v) is 3.15. The molecule has 0 spiro atoms. The molecule has 0 radical (unpaired) electrons. The molecule has 0 bridgehead atoms. The van der Waals surface area contributed by atoms with E-state index in [4.69, 9.17) is 0 Å². The molecule has 0 aliphatic heterocycles. The first kappa shape index (κ1) is 16.5. The van der Waals surface area contributed by atoms with Crippen LogP contribution in [0.15, 0.2) is 40.6 Å². The Balaban J connectivity index is 1.94. The number of carbonyl (C=O) groups excluding carboxylic acids is 1. The Hall–Kier alpha value is -1.86. The monoisotopic (exact) mass is 338 g/mol. The van der Waals surface area contributed by atoms with E-state index < -0.39 is 9.84 Å². The van der Waals surface area contributed by atoms with E-state index in [1.54, 1.807) is 29.5 Å². The molecule has 0 saturated heterocycles. The van der Waals surface area contributed by atoms with E-state index in [-0.39, 0.29) is 17.3 Å². The van der Waals surface area contributed by atoms with Crippen molar-refractivity contribution in [2.24, 2.45) is 0 Å². The summed E-state index contributed by atoms with van der Waals surface area (Å²) in [6, 6.07) is 8.73. The number of thiophene rings is 1. The number of nitrogens with one attached hydrogen (secondary N) is 2. The molecule has 2 aromatic rings. The van der Waals surface area contributed by atoms with Gasteiger partial charge in [-0.15, -0.1) is 11.3 Å². The van der Waals surface area contributed by atoms with Gasteiger partial charge in [0.25, 0.3) is 0 Å². The molecular formula is C15H18N2O3S2. The zero-order valence-electron chi connectivity index (χ0n) is 12.4. The molecule has 2 N–H and O–H groups in total. The Morgan fingerprint density at radius 3 is 2.68 bits per heavy atom. The van der Waals surface area contributed by atoms with Crippen molar-refractivity contribution < 1.29 is 13.2 Å². The third-order valence-electron chi connectivity index (χ3n) is 3.12. The van der Waals surface area contributed by atoms with Crippen molar-refractivity contribution in [3.63, 3.8) is 0 Å². The molecule has 0 aliphatic rings. The lowest BCUT2D eigenvalue weighted by Crippen LogP contribution is -2.29. The van der Waals surface area contributed by atoms with Crippen LogP contribution in [0.5, 0.6) is 0 Å². The summed E-state index contributed by atoms with van der Waals surface area (Å²) in [7, 11) is -3.26. The second kappa shape index (κ2) is 6.93. The van der Waals surface area contributed by atoms with Gasteiger partial charge in [0.05, 0.1) is 18.0 Å². The molecule has 1 amide bonds. The van der Waals surface area contributed by atoms with Crippen molar-refractivity contribution >= 4 is 32.8 Å². The van der Waals surface area contributed by atoms with Crippen molar-refractivity contribution in [2.45, 2.75) is 18.4 Å². The summed E-state index contributed by atoms with van der Waals surface area (Å²) in [6.07, 6.45) is 1.16. The van der Waals surface area contributed by atoms with Crippen LogP contribution in [-0.4, -0.2) is 27.1 Å². The van der Waals surface area contributed by atoms with E-state index in [2.05, 4.69) is 10.6 Å². The molecule has 0 saturated carbocycles. The van der Waals surface area contributed by atoms with Gasteiger partial charge >= 0.3 is 0 Å². The minimum absolute atomic E-state index is 0.0967. The first-order valence-corrected chi connectivity index (χ1v) is 9.47. The minimum Gasteiger partial charge on any atom is -0.376 e. The quantitative estimate of drug-likeness (QED) is 0.846. The van der Waals surface area contributed by atoms with Crippen LogP contribution in [0.25, 0.3) is 0 Å². The maximum absolute atomic E-state index is 11.8. The van der Waals surface area contributed by atoms with Crippen LogP contribution in [-0.2, 0) is 21.2 Å². The highest BCUT2D eigenvalue weighted by atomic mass is 32.2. The number of sulfone groups is 1. The molecule has 7 heteroatoms. The Bertz CT molecular complexity index is 753. The van der Waals surface area contributed by atoms with E-state index in [0.29, 0.717) is 12.2 Å². The second-order valence-corrected chi connectivity index (χ2v) is 8.01. The molecule has 0 unspecified atom stereocenters. The van der Waals surface area contributed by atoms with Gasteiger partial charge in [-0.3, -0.25) is 4.79 Å². The van der Waals surface area contributed by atoms with Crippen molar-refractivity contribution in [1.29, 1.82) is 0 Å². The first-order chi connectivity index (χ1) is 10.4. The van der Waals surface area contributed by atoms with Crippen LogP contribution in [0.4, 0.5) is 5.69 Å². The van der Waals surface area contributed by atoms with Crippen LogP contribution in [0, 0.1) is 6.92 Å². The molecule has 1 aromatic carbocycles. The van der Waals surface area contributed by atoms with Gasteiger partial charge in [0.2, 0.25) is 5.91 Å². The SMILES string of the molecule is Cc1ccc(S(C)(=O)=O)cc1NCC(=O)NCc1cccs1. The second-order valence-electron chi connectivity index (χ2n) is 4.96. The van der Waals surface area contributed by atoms with E-state index in [1.807, 2.05) is 24.4 Å². The number of carbonyl (C=O) groups is 1. The van der Waals surface area contributed by atoms with Gasteiger partial charge < -0.3 is 10.6 Å². The highest BCUT2D eigenvalue weighted by Gasteiger charge is 2.10. The largest absolute Gasteiger partial charge is 0.376 e. The molecule has 0 fully saturated rings. The standard InChI is InChI=1S/C15H18N2O3S2/c1-11-5-6-13(22(2,19)20)8-14(11)16-10-15(18)17-9-12-4-3-7-21-12/h3-8,16H,9-10H2,1-2H3,(H,17,18). The predicted octanol–water partition coefficient (Wildman–Crippen LogP) is 2.19. The predicted molar refractivity (Wildman–Crippen MR) is 88.9 cm³/mol. The summed E-state index contributed by atoms with van der Waals surface area (Å²) >= 11 is 1.58. The maximum Gasteiger partial charge on any atom is 0.239 e. The minimum atomic E-state index is -3.26. The van der Waals surface area contributed by atoms with Crippen molar-refractivity contribution in [3.8, 4) is 0 Å². The van der Waals surface area contributed by atoms with E-state index in [9.17, 15) is 13.2 Å². The number of anilines is 1. The Morgan fingerprint density at radius 2 is 2.05 bits per heavy atom. The van der Waals surface area contributed by atoms with E-state index >= 15 is 0 Å². The average Bonchev–Trinajstić information content (AvgIpc) is 2.96.